The summed E-state index contributed by atoms with van der Waals surface area (Å²) >= 11 is 1.50. The highest BCUT2D eigenvalue weighted by molar-refractivity contribution is 7.91. The van der Waals surface area contributed by atoms with Gasteiger partial charge in [0, 0.05) is 31.7 Å². The van der Waals surface area contributed by atoms with Gasteiger partial charge < -0.3 is 4.74 Å². The van der Waals surface area contributed by atoms with Gasteiger partial charge in [-0.15, -0.1) is 0 Å². The number of thiazole rings is 1. The van der Waals surface area contributed by atoms with Gasteiger partial charge in [0.25, 0.3) is 5.91 Å². The average Bonchev–Trinajstić information content (AvgIpc) is 3.24. The minimum Gasteiger partial charge on any atom is -0.379 e. The molecule has 0 spiro atoms. The molecule has 1 aliphatic heterocycles. The first kappa shape index (κ1) is 23.8. The quantitative estimate of drug-likeness (QED) is 0.506. The van der Waals surface area contributed by atoms with Gasteiger partial charge in [-0.3, -0.25) is 14.6 Å². The Bertz CT molecular complexity index is 1260. The van der Waals surface area contributed by atoms with Crippen LogP contribution >= 0.6 is 11.3 Å². The molecule has 1 saturated heterocycles. The van der Waals surface area contributed by atoms with Crippen LogP contribution in [0.25, 0.3) is 10.2 Å². The third kappa shape index (κ3) is 5.27. The van der Waals surface area contributed by atoms with E-state index in [-0.39, 0.29) is 16.6 Å². The molecule has 3 aromatic rings. The van der Waals surface area contributed by atoms with Crippen molar-refractivity contribution in [3.63, 3.8) is 0 Å². The highest BCUT2D eigenvalue weighted by atomic mass is 32.2. The lowest BCUT2D eigenvalue weighted by atomic mass is 10.1. The van der Waals surface area contributed by atoms with E-state index in [9.17, 15) is 13.2 Å². The Morgan fingerprint density at radius 3 is 2.67 bits per heavy atom. The molecule has 0 radical (unpaired) electrons. The summed E-state index contributed by atoms with van der Waals surface area (Å²) in [5.41, 5.74) is 3.48. The zero-order valence-electron chi connectivity index (χ0n) is 19.2. The van der Waals surface area contributed by atoms with Gasteiger partial charge >= 0.3 is 0 Å². The van der Waals surface area contributed by atoms with Crippen LogP contribution in [0, 0.1) is 13.8 Å². The van der Waals surface area contributed by atoms with Crippen LogP contribution in [0.5, 0.6) is 0 Å². The summed E-state index contributed by atoms with van der Waals surface area (Å²) in [6.45, 7) is 9.86. The number of aromatic nitrogens is 1. The average molecular weight is 488 g/mol. The standard InChI is InChI=1S/C24H29N3O4S2/c1-4-33(29,30)20-7-5-6-19(16-20)23(28)27(9-8-26-10-12-31-13-11-26)24-25-21-15-17(2)14-18(3)22(21)32-24/h5-7,14-16H,4,8-13H2,1-3H3. The molecule has 0 bridgehead atoms. The monoisotopic (exact) mass is 487 g/mol. The summed E-state index contributed by atoms with van der Waals surface area (Å²) in [5, 5.41) is 0.626. The number of carbonyl (C=O) groups excluding carboxylic acids is 1. The SMILES string of the molecule is CCS(=O)(=O)c1cccc(C(=O)N(CCN2CCOCC2)c2nc3cc(C)cc(C)c3s2)c1. The summed E-state index contributed by atoms with van der Waals surface area (Å²) < 4.78 is 31.3. The fourth-order valence-corrected chi connectivity index (χ4v) is 5.94. The summed E-state index contributed by atoms with van der Waals surface area (Å²) in [4.78, 5) is 22.6. The van der Waals surface area contributed by atoms with E-state index in [0.717, 1.165) is 34.4 Å². The topological polar surface area (TPSA) is 79.8 Å². The van der Waals surface area contributed by atoms with E-state index in [1.165, 1.54) is 23.5 Å². The summed E-state index contributed by atoms with van der Waals surface area (Å²) in [6, 6.07) is 10.5. The van der Waals surface area contributed by atoms with E-state index in [2.05, 4.69) is 17.9 Å². The van der Waals surface area contributed by atoms with Crippen molar-refractivity contribution in [1.29, 1.82) is 0 Å². The molecular formula is C24H29N3O4S2. The Morgan fingerprint density at radius 2 is 1.94 bits per heavy atom. The first-order valence-electron chi connectivity index (χ1n) is 11.1. The molecule has 176 valence electrons. The van der Waals surface area contributed by atoms with E-state index in [1.807, 2.05) is 13.0 Å². The molecule has 0 saturated carbocycles. The molecule has 0 N–H and O–H groups in total. The lowest BCUT2D eigenvalue weighted by Crippen LogP contribution is -2.43. The lowest BCUT2D eigenvalue weighted by molar-refractivity contribution is 0.0391. The molecule has 33 heavy (non-hydrogen) atoms. The number of ether oxygens (including phenoxy) is 1. The van der Waals surface area contributed by atoms with Crippen molar-refractivity contribution in [2.75, 3.05) is 50.0 Å². The Balaban J connectivity index is 1.70. The molecule has 7 nitrogen and oxygen atoms in total. The molecule has 1 fully saturated rings. The maximum atomic E-state index is 13.7. The summed E-state index contributed by atoms with van der Waals surface area (Å²) in [6.07, 6.45) is 0. The van der Waals surface area contributed by atoms with Crippen molar-refractivity contribution in [3.05, 3.63) is 53.1 Å². The Morgan fingerprint density at radius 1 is 1.18 bits per heavy atom. The van der Waals surface area contributed by atoms with Gasteiger partial charge in [-0.25, -0.2) is 13.4 Å². The Kier molecular flexibility index (Phi) is 7.13. The van der Waals surface area contributed by atoms with Crippen LogP contribution in [-0.4, -0.2) is 69.4 Å². The molecule has 0 aliphatic carbocycles. The number of fused-ring (bicyclic) bond motifs is 1. The van der Waals surface area contributed by atoms with Crippen LogP contribution in [0.15, 0.2) is 41.3 Å². The second-order valence-corrected chi connectivity index (χ2v) is 11.5. The van der Waals surface area contributed by atoms with Gasteiger partial charge in [0.15, 0.2) is 15.0 Å². The first-order chi connectivity index (χ1) is 15.8. The third-order valence-corrected chi connectivity index (χ3v) is 8.81. The normalized spacial score (nSPS) is 15.1. The van der Waals surface area contributed by atoms with Crippen LogP contribution in [0.1, 0.15) is 28.4 Å². The number of hydrogen-bond acceptors (Lipinski definition) is 7. The van der Waals surface area contributed by atoms with Crippen LogP contribution < -0.4 is 4.90 Å². The fraction of sp³-hybridized carbons (Fsp3) is 0.417. The van der Waals surface area contributed by atoms with Crippen molar-refractivity contribution in [3.8, 4) is 0 Å². The van der Waals surface area contributed by atoms with Crippen LogP contribution in [-0.2, 0) is 14.6 Å². The maximum absolute atomic E-state index is 13.7. The maximum Gasteiger partial charge on any atom is 0.260 e. The van der Waals surface area contributed by atoms with Gasteiger partial charge in [0.05, 0.1) is 34.1 Å². The van der Waals surface area contributed by atoms with E-state index >= 15 is 0 Å². The molecule has 2 heterocycles. The predicted octanol–water partition coefficient (Wildman–Crippen LogP) is 3.69. The van der Waals surface area contributed by atoms with Gasteiger partial charge in [0.2, 0.25) is 0 Å². The van der Waals surface area contributed by atoms with Crippen molar-refractivity contribution in [1.82, 2.24) is 9.88 Å². The third-order valence-electron chi connectivity index (χ3n) is 5.85. The molecule has 2 aromatic carbocycles. The minimum absolute atomic E-state index is 0.0120. The predicted molar refractivity (Wildman–Crippen MR) is 132 cm³/mol. The van der Waals surface area contributed by atoms with Gasteiger partial charge in [-0.1, -0.05) is 30.4 Å². The van der Waals surface area contributed by atoms with Crippen molar-refractivity contribution < 1.29 is 17.9 Å². The molecule has 1 amide bonds. The van der Waals surface area contributed by atoms with Gasteiger partial charge in [0.1, 0.15) is 0 Å². The molecule has 0 atom stereocenters. The van der Waals surface area contributed by atoms with E-state index < -0.39 is 9.84 Å². The Hall–Kier alpha value is -2.33. The smallest absolute Gasteiger partial charge is 0.260 e. The number of rotatable bonds is 7. The number of aryl methyl sites for hydroxylation is 2. The largest absolute Gasteiger partial charge is 0.379 e. The van der Waals surface area contributed by atoms with Crippen LogP contribution in [0.2, 0.25) is 0 Å². The number of benzene rings is 2. The second-order valence-electron chi connectivity index (χ2n) is 8.27. The van der Waals surface area contributed by atoms with Crippen molar-refractivity contribution in [2.24, 2.45) is 0 Å². The Labute approximate surface area is 198 Å². The highest BCUT2D eigenvalue weighted by Gasteiger charge is 2.24. The van der Waals surface area contributed by atoms with Crippen molar-refractivity contribution in [2.45, 2.75) is 25.7 Å². The first-order valence-corrected chi connectivity index (χ1v) is 13.6. The number of amides is 1. The van der Waals surface area contributed by atoms with Gasteiger partial charge in [-0.2, -0.15) is 0 Å². The molecule has 9 heteroatoms. The number of hydrogen-bond donors (Lipinski definition) is 0. The molecule has 0 unspecified atom stereocenters. The van der Waals surface area contributed by atoms with E-state index in [4.69, 9.17) is 9.72 Å². The number of sulfone groups is 1. The minimum atomic E-state index is -3.41. The van der Waals surface area contributed by atoms with Crippen LogP contribution in [0.3, 0.4) is 0 Å². The van der Waals surface area contributed by atoms with Crippen LogP contribution in [0.4, 0.5) is 5.13 Å². The lowest BCUT2D eigenvalue weighted by Gasteiger charge is -2.29. The molecule has 1 aliphatic rings. The molecule has 4 rings (SSSR count). The molecular weight excluding hydrogens is 458 g/mol. The number of carbonyl (C=O) groups is 1. The van der Waals surface area contributed by atoms with Crippen molar-refractivity contribution >= 4 is 42.4 Å². The number of nitrogens with zero attached hydrogens (tertiary/aromatic N) is 3. The van der Waals surface area contributed by atoms with E-state index in [1.54, 1.807) is 24.0 Å². The zero-order valence-corrected chi connectivity index (χ0v) is 20.8. The molecule has 1 aromatic heterocycles. The number of morpholine rings is 1. The second kappa shape index (κ2) is 9.89. The van der Waals surface area contributed by atoms with Gasteiger partial charge in [-0.05, 0) is 49.2 Å². The fourth-order valence-electron chi connectivity index (χ4n) is 3.98. The zero-order chi connectivity index (χ0) is 23.6. The summed E-state index contributed by atoms with van der Waals surface area (Å²) in [5.74, 6) is -0.258. The number of anilines is 1. The highest BCUT2D eigenvalue weighted by Crippen LogP contribution is 2.33. The summed E-state index contributed by atoms with van der Waals surface area (Å²) in [7, 11) is -3.41. The van der Waals surface area contributed by atoms with E-state index in [0.29, 0.717) is 37.0 Å².